The fraction of sp³-hybridized carbons (Fsp3) is 0.318. The van der Waals surface area contributed by atoms with E-state index < -0.39 is 0 Å². The summed E-state index contributed by atoms with van der Waals surface area (Å²) < 4.78 is 6.62. The van der Waals surface area contributed by atoms with Gasteiger partial charge in [-0.2, -0.15) is 0 Å². The van der Waals surface area contributed by atoms with Crippen molar-refractivity contribution in [2.45, 2.75) is 13.3 Å². The summed E-state index contributed by atoms with van der Waals surface area (Å²) in [5, 5.41) is 4.10. The Morgan fingerprint density at radius 3 is 3.00 bits per heavy atom. The van der Waals surface area contributed by atoms with Crippen LogP contribution in [0, 0.1) is 5.92 Å². The number of amides is 1. The van der Waals surface area contributed by atoms with Crippen LogP contribution in [0.3, 0.4) is 0 Å². The van der Waals surface area contributed by atoms with E-state index in [4.69, 9.17) is 4.74 Å². The summed E-state index contributed by atoms with van der Waals surface area (Å²) in [6, 6.07) is 16.1. The van der Waals surface area contributed by atoms with Crippen molar-refractivity contribution < 1.29 is 9.53 Å². The van der Waals surface area contributed by atoms with Crippen molar-refractivity contribution in [1.29, 1.82) is 0 Å². The van der Waals surface area contributed by atoms with E-state index in [2.05, 4.69) is 49.3 Å². The summed E-state index contributed by atoms with van der Waals surface area (Å²) in [6.07, 6.45) is 1.08. The molecule has 1 aliphatic heterocycles. The molecule has 28 heavy (non-hydrogen) atoms. The molecule has 2 N–H and O–H groups in total. The third-order valence-corrected chi connectivity index (χ3v) is 5.65. The molecule has 0 aliphatic carbocycles. The Labute approximate surface area is 173 Å². The Kier molecular flexibility index (Phi) is 5.57. The molecule has 146 valence electrons. The molecule has 0 radical (unpaired) electrons. The van der Waals surface area contributed by atoms with Crippen LogP contribution in [-0.4, -0.2) is 37.1 Å². The van der Waals surface area contributed by atoms with Gasteiger partial charge in [-0.05, 0) is 55.7 Å². The molecule has 1 saturated heterocycles. The average Bonchev–Trinajstić information content (AvgIpc) is 3.33. The first-order chi connectivity index (χ1) is 13.6. The number of hydrogen-bond donors (Lipinski definition) is 2. The average molecular weight is 442 g/mol. The van der Waals surface area contributed by atoms with Crippen molar-refractivity contribution in [3.63, 3.8) is 0 Å². The van der Waals surface area contributed by atoms with Crippen LogP contribution >= 0.6 is 15.9 Å². The largest absolute Gasteiger partial charge is 0.494 e. The number of hydrogen-bond acceptors (Lipinski definition) is 3. The Bertz CT molecular complexity index is 985. The van der Waals surface area contributed by atoms with Crippen LogP contribution in [0.15, 0.2) is 53.0 Å². The number of halogens is 1. The molecule has 3 aromatic rings. The minimum absolute atomic E-state index is 0.0601. The van der Waals surface area contributed by atoms with E-state index in [0.717, 1.165) is 40.6 Å². The Hall–Kier alpha value is -2.47. The van der Waals surface area contributed by atoms with E-state index >= 15 is 0 Å². The SMILES string of the molecule is CCOc1ccc2cc(C(=O)NCC3CCN(c4cccc(Br)c4)C3)[nH]c2c1. The monoisotopic (exact) mass is 441 g/mol. The van der Waals surface area contributed by atoms with Crippen molar-refractivity contribution >= 4 is 38.4 Å². The first kappa shape index (κ1) is 18.9. The summed E-state index contributed by atoms with van der Waals surface area (Å²) in [7, 11) is 0. The van der Waals surface area contributed by atoms with Crippen LogP contribution < -0.4 is 15.0 Å². The van der Waals surface area contributed by atoms with E-state index in [1.165, 1.54) is 5.69 Å². The second kappa shape index (κ2) is 8.27. The summed E-state index contributed by atoms with van der Waals surface area (Å²) >= 11 is 3.53. The smallest absolute Gasteiger partial charge is 0.267 e. The number of carbonyl (C=O) groups excluding carboxylic acids is 1. The molecule has 0 bridgehead atoms. The zero-order valence-electron chi connectivity index (χ0n) is 15.9. The molecule has 1 atom stereocenters. The van der Waals surface area contributed by atoms with Gasteiger partial charge in [-0.1, -0.05) is 22.0 Å². The number of ether oxygens (including phenoxy) is 1. The molecule has 5 nitrogen and oxygen atoms in total. The lowest BCUT2D eigenvalue weighted by Crippen LogP contribution is -2.31. The van der Waals surface area contributed by atoms with Gasteiger partial charge in [0.15, 0.2) is 0 Å². The number of carbonyl (C=O) groups is 1. The molecule has 6 heteroatoms. The molecular weight excluding hydrogens is 418 g/mol. The number of fused-ring (bicyclic) bond motifs is 1. The second-order valence-corrected chi connectivity index (χ2v) is 8.07. The van der Waals surface area contributed by atoms with E-state index in [9.17, 15) is 4.79 Å². The number of anilines is 1. The number of H-pyrrole nitrogens is 1. The molecule has 1 aliphatic rings. The summed E-state index contributed by atoms with van der Waals surface area (Å²) in [5.41, 5.74) is 2.73. The lowest BCUT2D eigenvalue weighted by molar-refractivity contribution is 0.0944. The minimum Gasteiger partial charge on any atom is -0.494 e. The second-order valence-electron chi connectivity index (χ2n) is 7.16. The van der Waals surface area contributed by atoms with Crippen LogP contribution in [0.5, 0.6) is 5.75 Å². The molecule has 1 fully saturated rings. The van der Waals surface area contributed by atoms with Crippen molar-refractivity contribution in [3.8, 4) is 5.75 Å². The van der Waals surface area contributed by atoms with Crippen molar-refractivity contribution in [2.24, 2.45) is 5.92 Å². The summed E-state index contributed by atoms with van der Waals surface area (Å²) in [4.78, 5) is 18.2. The predicted molar refractivity (Wildman–Crippen MR) is 116 cm³/mol. The van der Waals surface area contributed by atoms with Crippen molar-refractivity contribution in [2.75, 3.05) is 31.1 Å². The van der Waals surface area contributed by atoms with Crippen molar-refractivity contribution in [1.82, 2.24) is 10.3 Å². The standard InChI is InChI=1S/C22H24BrN3O2/c1-2-28-19-7-6-16-10-21(25-20(16)12-19)22(27)24-13-15-8-9-26(14-15)18-5-3-4-17(23)11-18/h3-7,10-12,15,25H,2,8-9,13-14H2,1H3,(H,24,27). The fourth-order valence-electron chi connectivity index (χ4n) is 3.72. The Balaban J connectivity index is 1.35. The van der Waals surface area contributed by atoms with Gasteiger partial charge in [0.25, 0.3) is 5.91 Å². The van der Waals surface area contributed by atoms with Gasteiger partial charge in [-0.25, -0.2) is 0 Å². The quantitative estimate of drug-likeness (QED) is 0.588. The Morgan fingerprint density at radius 2 is 2.18 bits per heavy atom. The zero-order chi connectivity index (χ0) is 19.5. The molecule has 2 heterocycles. The molecule has 1 amide bonds. The van der Waals surface area contributed by atoms with E-state index in [1.54, 1.807) is 0 Å². The maximum atomic E-state index is 12.6. The molecule has 0 saturated carbocycles. The van der Waals surface area contributed by atoms with Gasteiger partial charge < -0.3 is 19.9 Å². The van der Waals surface area contributed by atoms with E-state index in [1.807, 2.05) is 37.3 Å². The number of aromatic amines is 1. The van der Waals surface area contributed by atoms with Gasteiger partial charge in [0.1, 0.15) is 11.4 Å². The van der Waals surface area contributed by atoms with Crippen LogP contribution in [0.2, 0.25) is 0 Å². The van der Waals surface area contributed by atoms with Gasteiger partial charge in [-0.3, -0.25) is 4.79 Å². The number of benzene rings is 2. The molecule has 1 unspecified atom stereocenters. The van der Waals surface area contributed by atoms with Crippen LogP contribution in [0.4, 0.5) is 5.69 Å². The highest BCUT2D eigenvalue weighted by Gasteiger charge is 2.23. The molecule has 2 aromatic carbocycles. The van der Waals surface area contributed by atoms with E-state index in [0.29, 0.717) is 24.8 Å². The molecule has 1 aromatic heterocycles. The maximum absolute atomic E-state index is 12.6. The highest BCUT2D eigenvalue weighted by Crippen LogP contribution is 2.26. The van der Waals surface area contributed by atoms with Gasteiger partial charge >= 0.3 is 0 Å². The third-order valence-electron chi connectivity index (χ3n) is 5.16. The number of nitrogens with zero attached hydrogens (tertiary/aromatic N) is 1. The summed E-state index contributed by atoms with van der Waals surface area (Å²) in [6.45, 7) is 5.24. The van der Waals surface area contributed by atoms with E-state index in [-0.39, 0.29) is 5.91 Å². The highest BCUT2D eigenvalue weighted by molar-refractivity contribution is 9.10. The number of aromatic nitrogens is 1. The summed E-state index contributed by atoms with van der Waals surface area (Å²) in [5.74, 6) is 1.20. The number of rotatable bonds is 6. The normalized spacial score (nSPS) is 16.5. The third kappa shape index (κ3) is 4.17. The fourth-order valence-corrected chi connectivity index (χ4v) is 4.11. The van der Waals surface area contributed by atoms with Crippen LogP contribution in [-0.2, 0) is 0 Å². The minimum atomic E-state index is -0.0601. The van der Waals surface area contributed by atoms with Crippen LogP contribution in [0.25, 0.3) is 10.9 Å². The zero-order valence-corrected chi connectivity index (χ0v) is 17.5. The Morgan fingerprint density at radius 1 is 1.29 bits per heavy atom. The lowest BCUT2D eigenvalue weighted by Gasteiger charge is -2.19. The molecule has 0 spiro atoms. The maximum Gasteiger partial charge on any atom is 0.267 e. The predicted octanol–water partition coefficient (Wildman–Crippen LogP) is 4.59. The molecular formula is C22H24BrN3O2. The first-order valence-electron chi connectivity index (χ1n) is 9.66. The highest BCUT2D eigenvalue weighted by atomic mass is 79.9. The number of nitrogens with one attached hydrogen (secondary N) is 2. The first-order valence-corrected chi connectivity index (χ1v) is 10.5. The van der Waals surface area contributed by atoms with Gasteiger partial charge in [0, 0.05) is 46.8 Å². The molecule has 4 rings (SSSR count). The lowest BCUT2D eigenvalue weighted by atomic mass is 10.1. The van der Waals surface area contributed by atoms with Gasteiger partial charge in [0.05, 0.1) is 6.61 Å². The van der Waals surface area contributed by atoms with Gasteiger partial charge in [-0.15, -0.1) is 0 Å². The topological polar surface area (TPSA) is 57.4 Å². The van der Waals surface area contributed by atoms with Crippen molar-refractivity contribution in [3.05, 3.63) is 58.7 Å². The van der Waals surface area contributed by atoms with Gasteiger partial charge in [0.2, 0.25) is 0 Å². The van der Waals surface area contributed by atoms with Crippen LogP contribution in [0.1, 0.15) is 23.8 Å².